The number of alkyl halides is 3. The molecule has 0 bridgehead atoms. The van der Waals surface area contributed by atoms with Crippen molar-refractivity contribution in [3.63, 3.8) is 0 Å². The molecule has 2 aliphatic rings. The molecule has 2 heterocycles. The number of carbonyl (C=O) groups excluding carboxylic acids is 1. The minimum atomic E-state index is -4.31. The fourth-order valence-corrected chi connectivity index (χ4v) is 2.33. The number of halogens is 3. The van der Waals surface area contributed by atoms with Gasteiger partial charge in [0.05, 0.1) is 13.2 Å². The Kier molecular flexibility index (Phi) is 3.58. The molecule has 0 aliphatic carbocycles. The van der Waals surface area contributed by atoms with Gasteiger partial charge in [-0.3, -0.25) is 9.69 Å². The number of nitrogens with zero attached hydrogens (tertiary/aromatic N) is 1. The summed E-state index contributed by atoms with van der Waals surface area (Å²) < 4.78 is 43.7. The topological polar surface area (TPSA) is 41.6 Å². The minimum absolute atomic E-state index is 0.196. The fraction of sp³-hybridized carbons (Fsp3) is 0.900. The monoisotopic (exact) mass is 252 g/mol. The third-order valence-corrected chi connectivity index (χ3v) is 3.20. The van der Waals surface area contributed by atoms with Gasteiger partial charge in [-0.05, 0) is 12.8 Å². The van der Waals surface area contributed by atoms with Gasteiger partial charge in [-0.25, -0.2) is 0 Å². The summed E-state index contributed by atoms with van der Waals surface area (Å²) in [5, 5.41) is 2.27. The smallest absolute Gasteiger partial charge is 0.380 e. The minimum Gasteiger partial charge on any atom is -0.380 e. The van der Waals surface area contributed by atoms with Crippen molar-refractivity contribution >= 4 is 5.91 Å². The van der Waals surface area contributed by atoms with Gasteiger partial charge in [0.15, 0.2) is 0 Å². The van der Waals surface area contributed by atoms with Crippen LogP contribution in [-0.2, 0) is 9.53 Å². The third kappa shape index (κ3) is 2.90. The third-order valence-electron chi connectivity index (χ3n) is 3.20. The van der Waals surface area contributed by atoms with Gasteiger partial charge in [0.1, 0.15) is 6.04 Å². The Morgan fingerprint density at radius 2 is 2.18 bits per heavy atom. The lowest BCUT2D eigenvalue weighted by atomic mass is 10.0. The molecule has 17 heavy (non-hydrogen) atoms. The van der Waals surface area contributed by atoms with E-state index in [-0.39, 0.29) is 31.6 Å². The number of amides is 1. The fourth-order valence-electron chi connectivity index (χ4n) is 2.33. The molecule has 98 valence electrons. The number of hydrogen-bond acceptors (Lipinski definition) is 3. The Balaban J connectivity index is 2.10. The van der Waals surface area contributed by atoms with Gasteiger partial charge in [0.2, 0.25) is 5.91 Å². The van der Waals surface area contributed by atoms with E-state index in [4.69, 9.17) is 4.74 Å². The SMILES string of the molecule is O=C1CN(C2CCCOC2)C(C(F)(F)F)CN1. The van der Waals surface area contributed by atoms with Gasteiger partial charge in [-0.2, -0.15) is 13.2 Å². The summed E-state index contributed by atoms with van der Waals surface area (Å²) in [6, 6.07) is -1.90. The van der Waals surface area contributed by atoms with Crippen LogP contribution >= 0.6 is 0 Å². The predicted molar refractivity (Wildman–Crippen MR) is 53.4 cm³/mol. The highest BCUT2D eigenvalue weighted by Gasteiger charge is 2.48. The van der Waals surface area contributed by atoms with E-state index in [1.165, 1.54) is 4.90 Å². The van der Waals surface area contributed by atoms with Crippen LogP contribution in [0.2, 0.25) is 0 Å². The van der Waals surface area contributed by atoms with Crippen molar-refractivity contribution in [2.24, 2.45) is 0 Å². The first-order chi connectivity index (χ1) is 7.98. The summed E-state index contributed by atoms with van der Waals surface area (Å²) >= 11 is 0. The van der Waals surface area contributed by atoms with Crippen LogP contribution in [0.4, 0.5) is 13.2 Å². The molecule has 2 fully saturated rings. The first-order valence-electron chi connectivity index (χ1n) is 5.65. The van der Waals surface area contributed by atoms with Crippen molar-refractivity contribution in [3.05, 3.63) is 0 Å². The molecule has 0 aromatic carbocycles. The quantitative estimate of drug-likeness (QED) is 0.740. The van der Waals surface area contributed by atoms with Gasteiger partial charge in [0, 0.05) is 19.2 Å². The van der Waals surface area contributed by atoms with Crippen LogP contribution in [0.5, 0.6) is 0 Å². The normalized spacial score (nSPS) is 32.3. The average Bonchev–Trinajstić information content (AvgIpc) is 2.28. The molecular formula is C10H15F3N2O2. The second kappa shape index (κ2) is 4.81. The zero-order chi connectivity index (χ0) is 12.5. The maximum atomic E-state index is 12.8. The Morgan fingerprint density at radius 3 is 2.76 bits per heavy atom. The van der Waals surface area contributed by atoms with E-state index in [1.807, 2.05) is 0 Å². The molecule has 0 aromatic heterocycles. The number of nitrogens with one attached hydrogen (secondary N) is 1. The molecule has 1 N–H and O–H groups in total. The van der Waals surface area contributed by atoms with Crippen molar-refractivity contribution in [1.82, 2.24) is 10.2 Å². The van der Waals surface area contributed by atoms with Crippen molar-refractivity contribution < 1.29 is 22.7 Å². The van der Waals surface area contributed by atoms with Crippen molar-refractivity contribution in [3.8, 4) is 0 Å². The molecule has 2 atom stereocenters. The Bertz CT molecular complexity index is 290. The van der Waals surface area contributed by atoms with Crippen LogP contribution in [0.15, 0.2) is 0 Å². The van der Waals surface area contributed by atoms with E-state index in [1.54, 1.807) is 0 Å². The summed E-state index contributed by atoms with van der Waals surface area (Å²) in [6.45, 7) is 0.310. The number of carbonyl (C=O) groups is 1. The van der Waals surface area contributed by atoms with Crippen LogP contribution in [0.1, 0.15) is 12.8 Å². The van der Waals surface area contributed by atoms with Gasteiger partial charge >= 0.3 is 6.18 Å². The molecule has 4 nitrogen and oxygen atoms in total. The van der Waals surface area contributed by atoms with Gasteiger partial charge in [0.25, 0.3) is 0 Å². The van der Waals surface area contributed by atoms with Crippen LogP contribution < -0.4 is 5.32 Å². The first-order valence-corrected chi connectivity index (χ1v) is 5.65. The van der Waals surface area contributed by atoms with Crippen LogP contribution in [0, 0.1) is 0 Å². The predicted octanol–water partition coefficient (Wildman–Crippen LogP) is 0.528. The molecule has 0 saturated carbocycles. The molecule has 0 radical (unpaired) electrons. The number of rotatable bonds is 1. The number of hydrogen-bond donors (Lipinski definition) is 1. The molecular weight excluding hydrogens is 237 g/mol. The molecule has 2 rings (SSSR count). The number of piperazine rings is 1. The highest BCUT2D eigenvalue weighted by molar-refractivity contribution is 5.79. The molecule has 2 saturated heterocycles. The van der Waals surface area contributed by atoms with E-state index in [2.05, 4.69) is 5.32 Å². The van der Waals surface area contributed by atoms with E-state index >= 15 is 0 Å². The summed E-state index contributed by atoms with van der Waals surface area (Å²) in [5.41, 5.74) is 0. The largest absolute Gasteiger partial charge is 0.405 e. The molecule has 0 spiro atoms. The highest BCUT2D eigenvalue weighted by atomic mass is 19.4. The van der Waals surface area contributed by atoms with Crippen molar-refractivity contribution in [2.75, 3.05) is 26.3 Å². The average molecular weight is 252 g/mol. The lowest BCUT2D eigenvalue weighted by Crippen LogP contribution is -2.63. The number of ether oxygens (including phenoxy) is 1. The second-order valence-corrected chi connectivity index (χ2v) is 4.40. The Hall–Kier alpha value is -0.820. The van der Waals surface area contributed by atoms with E-state index in [0.29, 0.717) is 13.0 Å². The maximum absolute atomic E-state index is 12.8. The first kappa shape index (κ1) is 12.6. The summed E-state index contributed by atoms with van der Waals surface area (Å²) in [4.78, 5) is 12.5. The van der Waals surface area contributed by atoms with Crippen LogP contribution in [-0.4, -0.2) is 55.4 Å². The van der Waals surface area contributed by atoms with Gasteiger partial charge in [-0.1, -0.05) is 0 Å². The lowest BCUT2D eigenvalue weighted by molar-refractivity contribution is -0.199. The van der Waals surface area contributed by atoms with Crippen molar-refractivity contribution in [1.29, 1.82) is 0 Å². The summed E-state index contributed by atoms with van der Waals surface area (Å²) in [5.74, 6) is -0.351. The Morgan fingerprint density at radius 1 is 1.41 bits per heavy atom. The standard InChI is InChI=1S/C10H15F3N2O2/c11-10(12,13)8-4-14-9(16)5-15(8)7-2-1-3-17-6-7/h7-8H,1-6H2,(H,14,16). The van der Waals surface area contributed by atoms with E-state index in [9.17, 15) is 18.0 Å². The lowest BCUT2D eigenvalue weighted by Gasteiger charge is -2.42. The summed E-state index contributed by atoms with van der Waals surface area (Å²) in [6.07, 6.45) is -2.92. The zero-order valence-electron chi connectivity index (χ0n) is 9.29. The zero-order valence-corrected chi connectivity index (χ0v) is 9.29. The van der Waals surface area contributed by atoms with Gasteiger partial charge in [-0.15, -0.1) is 0 Å². The Labute approximate surface area is 97.1 Å². The second-order valence-electron chi connectivity index (χ2n) is 4.40. The highest BCUT2D eigenvalue weighted by Crippen LogP contribution is 2.29. The van der Waals surface area contributed by atoms with Gasteiger partial charge < -0.3 is 10.1 Å². The molecule has 7 heteroatoms. The molecule has 2 aliphatic heterocycles. The molecule has 1 amide bonds. The molecule has 2 unspecified atom stereocenters. The van der Waals surface area contributed by atoms with E-state index in [0.717, 1.165) is 6.42 Å². The maximum Gasteiger partial charge on any atom is 0.405 e. The van der Waals surface area contributed by atoms with E-state index < -0.39 is 12.2 Å². The summed E-state index contributed by atoms with van der Waals surface area (Å²) in [7, 11) is 0. The van der Waals surface area contributed by atoms with Crippen LogP contribution in [0.3, 0.4) is 0 Å². The van der Waals surface area contributed by atoms with Crippen molar-refractivity contribution in [2.45, 2.75) is 31.1 Å². The molecule has 0 aromatic rings. The van der Waals surface area contributed by atoms with Crippen LogP contribution in [0.25, 0.3) is 0 Å².